The molecule has 1 N–H and O–H groups in total. The van der Waals surface area contributed by atoms with Gasteiger partial charge in [0.1, 0.15) is 6.04 Å². The van der Waals surface area contributed by atoms with Crippen molar-refractivity contribution in [2.75, 3.05) is 6.54 Å². The van der Waals surface area contributed by atoms with Crippen molar-refractivity contribution >= 4 is 11.8 Å². The van der Waals surface area contributed by atoms with E-state index in [9.17, 15) is 22.8 Å². The summed E-state index contributed by atoms with van der Waals surface area (Å²) in [5.74, 6) is -0.441. The van der Waals surface area contributed by atoms with Gasteiger partial charge in [-0.3, -0.25) is 9.59 Å². The van der Waals surface area contributed by atoms with Crippen LogP contribution in [0.2, 0.25) is 0 Å². The number of nitrogens with one attached hydrogen (secondary N) is 1. The van der Waals surface area contributed by atoms with Gasteiger partial charge in [0.25, 0.3) is 0 Å². The predicted octanol–water partition coefficient (Wildman–Crippen LogP) is 3.86. The minimum atomic E-state index is -4.39. The molecule has 28 heavy (non-hydrogen) atoms. The maximum Gasteiger partial charge on any atom is 0.416 e. The van der Waals surface area contributed by atoms with Gasteiger partial charge in [-0.1, -0.05) is 43.3 Å². The van der Waals surface area contributed by atoms with Crippen LogP contribution in [0.4, 0.5) is 13.2 Å². The fourth-order valence-electron chi connectivity index (χ4n) is 3.41. The van der Waals surface area contributed by atoms with Gasteiger partial charge in [-0.15, -0.1) is 0 Å². The molecular formula is C21H21F3N2O2. The van der Waals surface area contributed by atoms with Crippen molar-refractivity contribution < 1.29 is 22.8 Å². The molecule has 2 amide bonds. The SMILES string of the molecule is CCCN1C(=O)Cc2ccccc2[C@H]1C(=O)NCc1ccc(C(F)(F)F)cc1. The summed E-state index contributed by atoms with van der Waals surface area (Å²) in [4.78, 5) is 27.0. The van der Waals surface area contributed by atoms with E-state index in [1.54, 1.807) is 4.90 Å². The molecule has 0 unspecified atom stereocenters. The summed E-state index contributed by atoms with van der Waals surface area (Å²) in [5, 5.41) is 2.76. The summed E-state index contributed by atoms with van der Waals surface area (Å²) in [6.07, 6.45) is -3.41. The van der Waals surface area contributed by atoms with E-state index in [-0.39, 0.29) is 24.8 Å². The largest absolute Gasteiger partial charge is 0.416 e. The van der Waals surface area contributed by atoms with Gasteiger partial charge >= 0.3 is 6.18 Å². The van der Waals surface area contributed by atoms with E-state index in [2.05, 4.69) is 5.32 Å². The first-order valence-corrected chi connectivity index (χ1v) is 9.12. The van der Waals surface area contributed by atoms with Crippen LogP contribution in [0.5, 0.6) is 0 Å². The lowest BCUT2D eigenvalue weighted by Crippen LogP contribution is -2.47. The number of nitrogens with zero attached hydrogens (tertiary/aromatic N) is 1. The van der Waals surface area contributed by atoms with Crippen LogP contribution in [-0.2, 0) is 28.7 Å². The summed E-state index contributed by atoms with van der Waals surface area (Å²) in [5.41, 5.74) is 1.44. The molecule has 0 radical (unpaired) electrons. The van der Waals surface area contributed by atoms with Gasteiger partial charge in [-0.05, 0) is 35.2 Å². The molecule has 0 fully saturated rings. The Morgan fingerprint density at radius 3 is 2.46 bits per heavy atom. The maximum atomic E-state index is 12.9. The second kappa shape index (κ2) is 8.04. The Labute approximate surface area is 161 Å². The molecule has 1 atom stereocenters. The van der Waals surface area contributed by atoms with E-state index in [4.69, 9.17) is 0 Å². The first-order chi connectivity index (χ1) is 13.3. The van der Waals surface area contributed by atoms with Crippen LogP contribution in [0, 0.1) is 0 Å². The van der Waals surface area contributed by atoms with Gasteiger partial charge in [0.05, 0.1) is 12.0 Å². The van der Waals surface area contributed by atoms with Crippen LogP contribution in [0.1, 0.15) is 41.6 Å². The highest BCUT2D eigenvalue weighted by Gasteiger charge is 2.36. The fraction of sp³-hybridized carbons (Fsp3) is 0.333. The van der Waals surface area contributed by atoms with E-state index in [1.165, 1.54) is 12.1 Å². The van der Waals surface area contributed by atoms with E-state index >= 15 is 0 Å². The average Bonchev–Trinajstić information content (AvgIpc) is 2.66. The molecule has 0 aliphatic carbocycles. The number of hydrogen-bond acceptors (Lipinski definition) is 2. The van der Waals surface area contributed by atoms with Gasteiger partial charge in [0.2, 0.25) is 11.8 Å². The molecule has 148 valence electrons. The zero-order valence-corrected chi connectivity index (χ0v) is 15.4. The second-order valence-corrected chi connectivity index (χ2v) is 6.78. The minimum absolute atomic E-state index is 0.0871. The lowest BCUT2D eigenvalue weighted by molar-refractivity contribution is -0.141. The Bertz CT molecular complexity index is 863. The fourth-order valence-corrected chi connectivity index (χ4v) is 3.41. The molecule has 0 aromatic heterocycles. The standard InChI is InChI=1S/C21H21F3N2O2/c1-2-11-26-18(27)12-15-5-3-4-6-17(15)19(26)20(28)25-13-14-7-9-16(10-8-14)21(22,23)24/h3-10,19H,2,11-13H2,1H3,(H,25,28)/t19-/m0/s1. The zero-order valence-electron chi connectivity index (χ0n) is 15.4. The third kappa shape index (κ3) is 4.18. The van der Waals surface area contributed by atoms with Gasteiger partial charge in [-0.2, -0.15) is 13.2 Å². The van der Waals surface area contributed by atoms with Crippen LogP contribution < -0.4 is 5.32 Å². The average molecular weight is 390 g/mol. The molecule has 3 rings (SSSR count). The predicted molar refractivity (Wildman–Crippen MR) is 98.2 cm³/mol. The number of amides is 2. The lowest BCUT2D eigenvalue weighted by Gasteiger charge is -2.36. The Morgan fingerprint density at radius 2 is 1.82 bits per heavy atom. The van der Waals surface area contributed by atoms with Crippen LogP contribution >= 0.6 is 0 Å². The topological polar surface area (TPSA) is 49.4 Å². The van der Waals surface area contributed by atoms with E-state index < -0.39 is 17.8 Å². The molecule has 4 nitrogen and oxygen atoms in total. The summed E-state index contributed by atoms with van der Waals surface area (Å²) >= 11 is 0. The Balaban J connectivity index is 1.77. The summed E-state index contributed by atoms with van der Waals surface area (Å²) in [6.45, 7) is 2.49. The van der Waals surface area contributed by atoms with Gasteiger partial charge in [-0.25, -0.2) is 0 Å². The summed E-state index contributed by atoms with van der Waals surface area (Å²) in [6, 6.07) is 11.3. The first-order valence-electron chi connectivity index (χ1n) is 9.12. The van der Waals surface area contributed by atoms with Crippen molar-refractivity contribution in [3.05, 3.63) is 70.8 Å². The zero-order chi connectivity index (χ0) is 20.3. The van der Waals surface area contributed by atoms with Crippen molar-refractivity contribution in [2.24, 2.45) is 0 Å². The quantitative estimate of drug-likeness (QED) is 0.843. The number of hydrogen-bond donors (Lipinski definition) is 1. The highest BCUT2D eigenvalue weighted by molar-refractivity contribution is 5.92. The summed E-state index contributed by atoms with van der Waals surface area (Å²) < 4.78 is 38.0. The Kier molecular flexibility index (Phi) is 5.72. The van der Waals surface area contributed by atoms with Gasteiger partial charge < -0.3 is 10.2 Å². The minimum Gasteiger partial charge on any atom is -0.350 e. The molecule has 7 heteroatoms. The number of halogens is 3. The molecule has 0 saturated heterocycles. The van der Waals surface area contributed by atoms with Crippen LogP contribution in [-0.4, -0.2) is 23.3 Å². The van der Waals surface area contributed by atoms with E-state index in [0.717, 1.165) is 29.7 Å². The number of carbonyl (C=O) groups is 2. The Hall–Kier alpha value is -2.83. The molecule has 2 aromatic rings. The lowest BCUT2D eigenvalue weighted by atomic mass is 9.91. The molecule has 1 aliphatic rings. The number of alkyl halides is 3. The number of carbonyl (C=O) groups excluding carboxylic acids is 2. The van der Waals surface area contributed by atoms with Crippen molar-refractivity contribution in [3.8, 4) is 0 Å². The van der Waals surface area contributed by atoms with Crippen molar-refractivity contribution in [1.82, 2.24) is 10.2 Å². The molecule has 2 aromatic carbocycles. The number of benzene rings is 2. The van der Waals surface area contributed by atoms with E-state index in [1.807, 2.05) is 31.2 Å². The molecule has 0 bridgehead atoms. The van der Waals surface area contributed by atoms with E-state index in [0.29, 0.717) is 12.1 Å². The third-order valence-corrected chi connectivity index (χ3v) is 4.78. The molecule has 1 aliphatic heterocycles. The second-order valence-electron chi connectivity index (χ2n) is 6.78. The van der Waals surface area contributed by atoms with Crippen LogP contribution in [0.15, 0.2) is 48.5 Å². The molecule has 0 saturated carbocycles. The van der Waals surface area contributed by atoms with Crippen molar-refractivity contribution in [2.45, 2.75) is 38.5 Å². The van der Waals surface area contributed by atoms with Crippen LogP contribution in [0.25, 0.3) is 0 Å². The van der Waals surface area contributed by atoms with Gasteiger partial charge in [0.15, 0.2) is 0 Å². The molecule has 0 spiro atoms. The van der Waals surface area contributed by atoms with Crippen molar-refractivity contribution in [3.63, 3.8) is 0 Å². The molecule has 1 heterocycles. The monoisotopic (exact) mass is 390 g/mol. The first kappa shape index (κ1) is 19.9. The van der Waals surface area contributed by atoms with Gasteiger partial charge in [0, 0.05) is 13.1 Å². The maximum absolute atomic E-state index is 12.9. The van der Waals surface area contributed by atoms with Crippen LogP contribution in [0.3, 0.4) is 0 Å². The number of fused-ring (bicyclic) bond motifs is 1. The third-order valence-electron chi connectivity index (χ3n) is 4.78. The highest BCUT2D eigenvalue weighted by Crippen LogP contribution is 2.31. The smallest absolute Gasteiger partial charge is 0.350 e. The summed E-state index contributed by atoms with van der Waals surface area (Å²) in [7, 11) is 0. The number of rotatable bonds is 5. The highest BCUT2D eigenvalue weighted by atomic mass is 19.4. The Morgan fingerprint density at radius 1 is 1.14 bits per heavy atom. The van der Waals surface area contributed by atoms with Crippen molar-refractivity contribution in [1.29, 1.82) is 0 Å². The molecular weight excluding hydrogens is 369 g/mol. The normalized spacial score (nSPS) is 16.6.